The first-order valence-corrected chi connectivity index (χ1v) is 3.89. The second-order valence-corrected chi connectivity index (χ2v) is 2.59. The van der Waals surface area contributed by atoms with Crippen molar-refractivity contribution in [3.8, 4) is 0 Å². The number of nitrogens with two attached hydrogens (primary N) is 1. The summed E-state index contributed by atoms with van der Waals surface area (Å²) in [5.74, 6) is 0.0783. The van der Waals surface area contributed by atoms with Gasteiger partial charge < -0.3 is 15.8 Å². The van der Waals surface area contributed by atoms with E-state index in [1.54, 1.807) is 12.1 Å². The van der Waals surface area contributed by atoms with Crippen molar-refractivity contribution in [3.63, 3.8) is 0 Å². The largest absolute Gasteiger partial charge is 0.481 e. The average molecular weight is 179 g/mol. The quantitative estimate of drug-likeness (QED) is 0.364. The summed E-state index contributed by atoms with van der Waals surface area (Å²) in [5, 5.41) is 10.4. The molecule has 0 spiro atoms. The van der Waals surface area contributed by atoms with E-state index < -0.39 is 0 Å². The Kier molecular flexibility index (Phi) is 2.74. The molecule has 0 aliphatic carbocycles. The van der Waals surface area contributed by atoms with Gasteiger partial charge in [0.25, 0.3) is 0 Å². The normalized spacial score (nSPS) is 9.38. The lowest BCUT2D eigenvalue weighted by Crippen LogP contribution is -2.06. The molecule has 0 aliphatic heterocycles. The Morgan fingerprint density at radius 1 is 1.54 bits per heavy atom. The van der Waals surface area contributed by atoms with E-state index in [1.165, 1.54) is 7.11 Å². The van der Waals surface area contributed by atoms with Crippen molar-refractivity contribution in [1.82, 2.24) is 0 Å². The number of methoxy groups -OCH3 is 1. The van der Waals surface area contributed by atoms with Crippen LogP contribution in [0.15, 0.2) is 18.2 Å². The molecule has 1 aromatic rings. The Balaban J connectivity index is 3.11. The zero-order valence-corrected chi connectivity index (χ0v) is 7.72. The van der Waals surface area contributed by atoms with Crippen molar-refractivity contribution < 1.29 is 4.74 Å². The fourth-order valence-corrected chi connectivity index (χ4v) is 1.02. The first-order chi connectivity index (χ1) is 6.19. The lowest BCUT2D eigenvalue weighted by Gasteiger charge is -2.08. The first-order valence-electron chi connectivity index (χ1n) is 3.89. The molecule has 0 radical (unpaired) electrons. The summed E-state index contributed by atoms with van der Waals surface area (Å²) in [7, 11) is 3.26. The molecule has 0 bridgehead atoms. The fourth-order valence-electron chi connectivity index (χ4n) is 1.02. The van der Waals surface area contributed by atoms with Gasteiger partial charge in [0.05, 0.1) is 12.7 Å². The third-order valence-corrected chi connectivity index (χ3v) is 1.79. The number of rotatable bonds is 2. The van der Waals surface area contributed by atoms with Crippen LogP contribution >= 0.6 is 0 Å². The Labute approximate surface area is 77.2 Å². The summed E-state index contributed by atoms with van der Waals surface area (Å²) in [6, 6.07) is 5.37. The minimum absolute atomic E-state index is 0.0783. The molecule has 13 heavy (non-hydrogen) atoms. The third-order valence-electron chi connectivity index (χ3n) is 1.79. The highest BCUT2D eigenvalue weighted by Gasteiger charge is 2.05. The van der Waals surface area contributed by atoms with E-state index in [0.29, 0.717) is 11.3 Å². The van der Waals surface area contributed by atoms with Crippen molar-refractivity contribution in [2.75, 3.05) is 25.2 Å². The number of ether oxygens (including phenoxy) is 1. The molecule has 0 amide bonds. The van der Waals surface area contributed by atoms with Crippen LogP contribution in [0.2, 0.25) is 0 Å². The minimum Gasteiger partial charge on any atom is -0.481 e. The zero-order valence-electron chi connectivity index (χ0n) is 7.72. The standard InChI is InChI=1S/C9H13N3O/c1-12-6-3-4-8(10)7(5-6)9(11)13-2/h3-5,11-12H,10H2,1-2H3. The lowest BCUT2D eigenvalue weighted by molar-refractivity contribution is 0.401. The second kappa shape index (κ2) is 3.80. The lowest BCUT2D eigenvalue weighted by atomic mass is 10.1. The summed E-state index contributed by atoms with van der Waals surface area (Å²) in [5.41, 5.74) is 7.73. The molecule has 0 fully saturated rings. The van der Waals surface area contributed by atoms with E-state index in [0.717, 1.165) is 5.69 Å². The van der Waals surface area contributed by atoms with Crippen LogP contribution in [0.3, 0.4) is 0 Å². The van der Waals surface area contributed by atoms with Crippen molar-refractivity contribution >= 4 is 17.3 Å². The van der Waals surface area contributed by atoms with Crippen LogP contribution in [0.1, 0.15) is 5.56 Å². The number of hydrogen-bond donors (Lipinski definition) is 3. The van der Waals surface area contributed by atoms with Crippen molar-refractivity contribution in [2.24, 2.45) is 0 Å². The number of benzene rings is 1. The van der Waals surface area contributed by atoms with E-state index >= 15 is 0 Å². The minimum atomic E-state index is 0.0783. The molecule has 4 N–H and O–H groups in total. The molecule has 0 saturated heterocycles. The van der Waals surface area contributed by atoms with Crippen LogP contribution in [0.4, 0.5) is 11.4 Å². The number of nitrogen functional groups attached to an aromatic ring is 1. The summed E-state index contributed by atoms with van der Waals surface area (Å²) >= 11 is 0. The predicted octanol–water partition coefficient (Wildman–Crippen LogP) is 1.28. The van der Waals surface area contributed by atoms with Crippen LogP contribution in [0, 0.1) is 5.41 Å². The van der Waals surface area contributed by atoms with Crippen LogP contribution < -0.4 is 11.1 Å². The van der Waals surface area contributed by atoms with Gasteiger partial charge in [-0.3, -0.25) is 5.41 Å². The van der Waals surface area contributed by atoms with Crippen LogP contribution in [0.5, 0.6) is 0 Å². The van der Waals surface area contributed by atoms with Crippen molar-refractivity contribution in [3.05, 3.63) is 23.8 Å². The third kappa shape index (κ3) is 1.90. The molecule has 1 rings (SSSR count). The average Bonchev–Trinajstić information content (AvgIpc) is 2.17. The van der Waals surface area contributed by atoms with E-state index in [9.17, 15) is 0 Å². The molecular formula is C9H13N3O. The van der Waals surface area contributed by atoms with Gasteiger partial charge in [0, 0.05) is 18.4 Å². The molecule has 4 nitrogen and oxygen atoms in total. The Hall–Kier alpha value is -1.71. The van der Waals surface area contributed by atoms with Gasteiger partial charge in [-0.25, -0.2) is 0 Å². The maximum absolute atomic E-state index is 7.46. The Morgan fingerprint density at radius 2 is 2.23 bits per heavy atom. The summed E-state index contributed by atoms with van der Waals surface area (Å²) in [4.78, 5) is 0. The predicted molar refractivity (Wildman–Crippen MR) is 54.2 cm³/mol. The maximum Gasteiger partial charge on any atom is 0.215 e. The molecule has 0 heterocycles. The fraction of sp³-hybridized carbons (Fsp3) is 0.222. The number of anilines is 2. The molecular weight excluding hydrogens is 166 g/mol. The van der Waals surface area contributed by atoms with Gasteiger partial charge in [0.1, 0.15) is 0 Å². The van der Waals surface area contributed by atoms with Gasteiger partial charge in [0.2, 0.25) is 5.90 Å². The summed E-state index contributed by atoms with van der Waals surface area (Å²) < 4.78 is 4.79. The zero-order chi connectivity index (χ0) is 9.84. The van der Waals surface area contributed by atoms with Crippen molar-refractivity contribution in [1.29, 1.82) is 5.41 Å². The highest BCUT2D eigenvalue weighted by atomic mass is 16.5. The SMILES string of the molecule is CNc1ccc(N)c(C(=N)OC)c1. The summed E-state index contributed by atoms with van der Waals surface area (Å²) in [6.45, 7) is 0. The number of nitrogens with one attached hydrogen (secondary N) is 2. The van der Waals surface area contributed by atoms with Gasteiger partial charge in [-0.05, 0) is 18.2 Å². The Morgan fingerprint density at radius 3 is 2.77 bits per heavy atom. The van der Waals surface area contributed by atoms with E-state index in [-0.39, 0.29) is 5.90 Å². The number of hydrogen-bond acceptors (Lipinski definition) is 4. The molecule has 0 atom stereocenters. The van der Waals surface area contributed by atoms with Crippen LogP contribution in [-0.2, 0) is 4.74 Å². The van der Waals surface area contributed by atoms with E-state index in [2.05, 4.69) is 5.32 Å². The topological polar surface area (TPSA) is 71.1 Å². The maximum atomic E-state index is 7.46. The van der Waals surface area contributed by atoms with Gasteiger partial charge in [-0.15, -0.1) is 0 Å². The van der Waals surface area contributed by atoms with Gasteiger partial charge >= 0.3 is 0 Å². The van der Waals surface area contributed by atoms with E-state index in [1.807, 2.05) is 13.1 Å². The Bertz CT molecular complexity index is 323. The smallest absolute Gasteiger partial charge is 0.215 e. The molecule has 4 heteroatoms. The van der Waals surface area contributed by atoms with Gasteiger partial charge in [0.15, 0.2) is 0 Å². The highest BCUT2D eigenvalue weighted by Crippen LogP contribution is 2.17. The van der Waals surface area contributed by atoms with Crippen LogP contribution in [0.25, 0.3) is 0 Å². The monoisotopic (exact) mass is 179 g/mol. The van der Waals surface area contributed by atoms with Gasteiger partial charge in [-0.2, -0.15) is 0 Å². The second-order valence-electron chi connectivity index (χ2n) is 2.59. The van der Waals surface area contributed by atoms with Crippen molar-refractivity contribution in [2.45, 2.75) is 0 Å². The first kappa shape index (κ1) is 9.38. The van der Waals surface area contributed by atoms with E-state index in [4.69, 9.17) is 15.9 Å². The molecule has 0 aromatic heterocycles. The molecule has 0 unspecified atom stereocenters. The van der Waals surface area contributed by atoms with Crippen LogP contribution in [-0.4, -0.2) is 20.1 Å². The molecule has 1 aromatic carbocycles. The highest BCUT2D eigenvalue weighted by molar-refractivity contribution is 5.97. The molecule has 0 saturated carbocycles. The summed E-state index contributed by atoms with van der Waals surface area (Å²) in [6.07, 6.45) is 0. The molecule has 0 aliphatic rings. The van der Waals surface area contributed by atoms with Gasteiger partial charge in [-0.1, -0.05) is 0 Å². The molecule has 70 valence electrons.